The molecule has 2 nitrogen and oxygen atoms in total. The van der Waals surface area contributed by atoms with Gasteiger partial charge in [0.05, 0.1) is 0 Å². The first-order valence-electron chi connectivity index (χ1n) is 7.07. The number of hydrogen-bond donors (Lipinski definition) is 0. The highest BCUT2D eigenvalue weighted by Crippen LogP contribution is 2.64. The zero-order valence-electron chi connectivity index (χ0n) is 14.3. The number of alkyl halides is 17. The zero-order chi connectivity index (χ0) is 27.9. The van der Waals surface area contributed by atoms with Crippen LogP contribution in [-0.2, 0) is 6.05 Å². The highest BCUT2D eigenvalue weighted by atomic mass is 19.4. The molecule has 0 bridgehead atoms. The quantitative estimate of drug-likeness (QED) is 0.293. The van der Waals surface area contributed by atoms with Crippen molar-refractivity contribution in [3.05, 3.63) is 18.0 Å². The Hall–Kier alpha value is -2.26. The summed E-state index contributed by atoms with van der Waals surface area (Å²) in [5.41, 5.74) is 0. The molecule has 0 aromatic carbocycles. The molecule has 0 aliphatic heterocycles. The maximum absolute atomic E-state index is 13.6. The van der Waals surface area contributed by atoms with Crippen molar-refractivity contribution in [2.24, 2.45) is 0 Å². The van der Waals surface area contributed by atoms with Crippen LogP contribution in [0, 0.1) is 18.0 Å². The Balaban J connectivity index is 3.85. The topological polar surface area (TPSA) is 8.81 Å². The van der Waals surface area contributed by atoms with Gasteiger partial charge in [0, 0.05) is 9.27 Å². The molecular weight excluding hydrogens is 559 g/mol. The molecule has 0 saturated carbocycles. The van der Waals surface area contributed by atoms with Crippen molar-refractivity contribution in [2.45, 2.75) is 47.8 Å². The van der Waals surface area contributed by atoms with Gasteiger partial charge in [0.25, 0.3) is 0 Å². The molecule has 34 heavy (non-hydrogen) atoms. The second-order valence-corrected chi connectivity index (χ2v) is 5.95. The SMILES string of the molecule is Fc1c(F)[n+](C(F)(F)C(F)(F)C(F)(F)C(F)(F)C(F)(F)C(F)(F)C(F)(F)C(F)(F)F)c(F)n1F. The van der Waals surface area contributed by atoms with Gasteiger partial charge >= 0.3 is 65.7 Å². The van der Waals surface area contributed by atoms with Crippen molar-refractivity contribution >= 4 is 0 Å². The summed E-state index contributed by atoms with van der Waals surface area (Å²) in [6.45, 7) is 0. The number of nitrogens with zero attached hydrogens (tertiary/aromatic N) is 2. The van der Waals surface area contributed by atoms with Crippen molar-refractivity contribution in [3.63, 3.8) is 0 Å². The van der Waals surface area contributed by atoms with Crippen LogP contribution in [0.5, 0.6) is 0 Å². The molecule has 1 rings (SSSR count). The predicted molar refractivity (Wildman–Crippen MR) is 56.9 cm³/mol. The number of aromatic nitrogens is 2. The zero-order valence-corrected chi connectivity index (χ0v) is 14.3. The monoisotopic (exact) mass is 559 g/mol. The van der Waals surface area contributed by atoms with Gasteiger partial charge < -0.3 is 0 Å². The molecule has 23 heteroatoms. The summed E-state index contributed by atoms with van der Waals surface area (Å²) in [5.74, 6) is -60.2. The number of halogens is 21. The number of rotatable bonds is 7. The summed E-state index contributed by atoms with van der Waals surface area (Å²) in [6.07, 6.45) is -12.0. The Morgan fingerprint density at radius 2 is 0.765 bits per heavy atom. The fourth-order valence-corrected chi connectivity index (χ4v) is 1.96. The van der Waals surface area contributed by atoms with Crippen LogP contribution < -0.4 is 4.57 Å². The van der Waals surface area contributed by atoms with Gasteiger partial charge in [-0.3, -0.25) is 0 Å². The molecule has 1 aromatic rings. The molecule has 0 atom stereocenters. The van der Waals surface area contributed by atoms with Crippen LogP contribution in [-0.4, -0.2) is 46.5 Å². The Labute approximate surface area is 169 Å². The van der Waals surface area contributed by atoms with Gasteiger partial charge in [-0.15, -0.1) is 8.78 Å². The average Bonchev–Trinajstić information content (AvgIpc) is 2.83. The summed E-state index contributed by atoms with van der Waals surface area (Å²) in [5, 5.41) is 0. The minimum Gasteiger partial charge on any atom is -0.192 e. The third-order valence-electron chi connectivity index (χ3n) is 3.87. The van der Waals surface area contributed by atoms with Gasteiger partial charge in [-0.05, 0) is 0 Å². The van der Waals surface area contributed by atoms with Crippen LogP contribution in [0.2, 0.25) is 0 Å². The van der Waals surface area contributed by atoms with E-state index in [1.54, 1.807) is 0 Å². The first kappa shape index (κ1) is 29.8. The van der Waals surface area contributed by atoms with Crippen molar-refractivity contribution in [2.75, 3.05) is 0 Å². The minimum atomic E-state index is -9.02. The van der Waals surface area contributed by atoms with Gasteiger partial charge in [-0.2, -0.15) is 79.0 Å². The molecule has 1 heterocycles. The predicted octanol–water partition coefficient (Wildman–Crippen LogP) is 5.85. The summed E-state index contributed by atoms with van der Waals surface area (Å²) < 4.78 is 270. The van der Waals surface area contributed by atoms with Crippen LogP contribution in [0.4, 0.5) is 92.3 Å². The Kier molecular flexibility index (Phi) is 6.45. The molecule has 0 saturated heterocycles. The lowest BCUT2D eigenvalue weighted by atomic mass is 9.90. The second kappa shape index (κ2) is 7.37. The minimum absolute atomic E-state index is 2.59. The molecule has 0 radical (unpaired) electrons. The van der Waals surface area contributed by atoms with Crippen LogP contribution in [0.25, 0.3) is 0 Å². The standard InChI is InChI=1S/C11F21N2/c12-1-2(13)34(32)3(14)33(1)11(30,31)9(25,26)7(21,22)5(17,18)4(15,16)6(19,20)8(23,24)10(27,28)29/q+1. The van der Waals surface area contributed by atoms with E-state index in [9.17, 15) is 92.3 Å². The van der Waals surface area contributed by atoms with Crippen LogP contribution >= 0.6 is 0 Å². The van der Waals surface area contributed by atoms with Crippen molar-refractivity contribution in [1.82, 2.24) is 4.79 Å². The molecule has 0 aliphatic carbocycles. The van der Waals surface area contributed by atoms with Crippen LogP contribution in [0.15, 0.2) is 0 Å². The smallest absolute Gasteiger partial charge is 0.192 e. The molecule has 0 spiro atoms. The van der Waals surface area contributed by atoms with Crippen LogP contribution in [0.3, 0.4) is 0 Å². The lowest BCUT2D eigenvalue weighted by molar-refractivity contribution is -0.885. The van der Waals surface area contributed by atoms with Crippen molar-refractivity contribution in [3.8, 4) is 0 Å². The number of hydrogen-bond acceptors (Lipinski definition) is 0. The van der Waals surface area contributed by atoms with E-state index in [0.29, 0.717) is 0 Å². The van der Waals surface area contributed by atoms with E-state index in [2.05, 4.69) is 0 Å². The molecule has 0 unspecified atom stereocenters. The Bertz CT molecular complexity index is 910. The van der Waals surface area contributed by atoms with Crippen LogP contribution in [0.1, 0.15) is 0 Å². The highest BCUT2D eigenvalue weighted by Gasteiger charge is 2.96. The van der Waals surface area contributed by atoms with Gasteiger partial charge in [-0.25, -0.2) is 0 Å². The van der Waals surface area contributed by atoms with Crippen molar-refractivity contribution < 1.29 is 96.9 Å². The lowest BCUT2D eigenvalue weighted by Crippen LogP contribution is -2.77. The van der Waals surface area contributed by atoms with Gasteiger partial charge in [0.2, 0.25) is 0 Å². The number of imidazole rings is 1. The van der Waals surface area contributed by atoms with Gasteiger partial charge in [0.1, 0.15) is 0 Å². The molecule has 0 N–H and O–H groups in total. The average molecular weight is 559 g/mol. The molecule has 200 valence electrons. The van der Waals surface area contributed by atoms with E-state index in [0.717, 1.165) is 0 Å². The van der Waals surface area contributed by atoms with E-state index in [1.807, 2.05) is 0 Å². The first-order valence-corrected chi connectivity index (χ1v) is 7.07. The highest BCUT2D eigenvalue weighted by molar-refractivity contribution is 5.13. The van der Waals surface area contributed by atoms with Gasteiger partial charge in [0.15, 0.2) is 0 Å². The summed E-state index contributed by atoms with van der Waals surface area (Å²) >= 11 is 0. The van der Waals surface area contributed by atoms with E-state index >= 15 is 0 Å². The van der Waals surface area contributed by atoms with Gasteiger partial charge in [-0.1, -0.05) is 4.57 Å². The summed E-state index contributed by atoms with van der Waals surface area (Å²) in [6, 6.07) is -7.86. The molecule has 0 amide bonds. The third kappa shape index (κ3) is 3.26. The summed E-state index contributed by atoms with van der Waals surface area (Å²) in [4.78, 5) is -2.59. The molecule has 1 aromatic heterocycles. The van der Waals surface area contributed by atoms with E-state index < -0.39 is 75.1 Å². The summed E-state index contributed by atoms with van der Waals surface area (Å²) in [7, 11) is 0. The normalized spacial score (nSPS) is 15.8. The Morgan fingerprint density at radius 3 is 1.03 bits per heavy atom. The first-order chi connectivity index (χ1) is 14.5. The van der Waals surface area contributed by atoms with E-state index in [-0.39, 0.29) is 0 Å². The molecule has 0 aliphatic rings. The fraction of sp³-hybridized carbons (Fsp3) is 0.727. The largest absolute Gasteiger partial charge is 0.493 e. The lowest BCUT2D eigenvalue weighted by Gasteiger charge is -2.41. The molecular formula is C11F21N2+. The Morgan fingerprint density at radius 1 is 0.471 bits per heavy atom. The third-order valence-corrected chi connectivity index (χ3v) is 3.87. The van der Waals surface area contributed by atoms with Crippen molar-refractivity contribution in [1.29, 1.82) is 0 Å². The van der Waals surface area contributed by atoms with E-state index in [4.69, 9.17) is 0 Å². The maximum atomic E-state index is 13.6. The molecule has 0 fully saturated rings. The second-order valence-electron chi connectivity index (χ2n) is 5.95. The fourth-order valence-electron chi connectivity index (χ4n) is 1.96. The van der Waals surface area contributed by atoms with E-state index in [1.165, 1.54) is 0 Å². The maximum Gasteiger partial charge on any atom is 0.493 e.